The number of nitrogens with two attached hydrogens (primary N) is 1. The minimum Gasteiger partial charge on any atom is -0.480 e. The van der Waals surface area contributed by atoms with Crippen LogP contribution in [-0.4, -0.2) is 28.9 Å². The van der Waals surface area contributed by atoms with E-state index in [0.29, 0.717) is 5.56 Å². The number of hydrogen-bond acceptors (Lipinski definition) is 3. The molecule has 2 amide bonds. The molecule has 0 aliphatic rings. The van der Waals surface area contributed by atoms with E-state index < -0.39 is 30.2 Å². The fraction of sp³-hybridized carbons (Fsp3) is 0.182. The molecule has 0 aromatic heterocycles. The van der Waals surface area contributed by atoms with Gasteiger partial charge in [0, 0.05) is 9.13 Å². The predicted molar refractivity (Wildman–Crippen MR) is 71.9 cm³/mol. The zero-order chi connectivity index (χ0) is 13.7. The van der Waals surface area contributed by atoms with Gasteiger partial charge in [0.05, 0.1) is 6.42 Å². The molecule has 7 heteroatoms. The summed E-state index contributed by atoms with van der Waals surface area (Å²) < 4.78 is 0.955. The lowest BCUT2D eigenvalue weighted by molar-refractivity contribution is -0.140. The van der Waals surface area contributed by atoms with Crippen molar-refractivity contribution in [3.05, 3.63) is 33.4 Å². The summed E-state index contributed by atoms with van der Waals surface area (Å²) in [6.45, 7) is 0. The van der Waals surface area contributed by atoms with E-state index in [9.17, 15) is 14.4 Å². The molecule has 0 unspecified atom stereocenters. The molecule has 1 aromatic rings. The van der Waals surface area contributed by atoms with Crippen LogP contribution in [0, 0.1) is 3.57 Å². The van der Waals surface area contributed by atoms with Crippen molar-refractivity contribution in [2.24, 2.45) is 5.73 Å². The molecule has 0 spiro atoms. The maximum Gasteiger partial charge on any atom is 0.326 e. The van der Waals surface area contributed by atoms with Crippen molar-refractivity contribution in [3.8, 4) is 0 Å². The predicted octanol–water partition coefficient (Wildman–Crippen LogP) is 0.350. The molecular weight excluding hydrogens is 351 g/mol. The molecule has 6 nitrogen and oxygen atoms in total. The molecule has 0 aliphatic heterocycles. The Kier molecular flexibility index (Phi) is 5.08. The number of hydrogen-bond donors (Lipinski definition) is 3. The van der Waals surface area contributed by atoms with E-state index in [1.54, 1.807) is 24.3 Å². The van der Waals surface area contributed by atoms with E-state index in [0.717, 1.165) is 3.57 Å². The van der Waals surface area contributed by atoms with Gasteiger partial charge in [0.2, 0.25) is 5.91 Å². The third-order valence-corrected chi connectivity index (χ3v) is 2.83. The van der Waals surface area contributed by atoms with Gasteiger partial charge in [0.25, 0.3) is 5.91 Å². The van der Waals surface area contributed by atoms with Gasteiger partial charge in [-0.05, 0) is 46.9 Å². The minimum atomic E-state index is -1.31. The standard InChI is InChI=1S/C11H11IN2O4/c12-7-3-1-6(2-4-7)10(16)14-8(11(17)18)5-9(13)15/h1-4,8H,5H2,(H2,13,15)(H,14,16)(H,17,18)/t8-/m0/s1. The van der Waals surface area contributed by atoms with Gasteiger partial charge in [-0.25, -0.2) is 4.79 Å². The Bertz CT molecular complexity index is 472. The number of carboxylic acids is 1. The fourth-order valence-electron chi connectivity index (χ4n) is 1.24. The Morgan fingerprint density at radius 2 is 1.83 bits per heavy atom. The maximum absolute atomic E-state index is 11.7. The van der Waals surface area contributed by atoms with E-state index in [-0.39, 0.29) is 0 Å². The highest BCUT2D eigenvalue weighted by molar-refractivity contribution is 14.1. The Morgan fingerprint density at radius 3 is 2.28 bits per heavy atom. The average Bonchev–Trinajstić information content (AvgIpc) is 2.28. The van der Waals surface area contributed by atoms with Crippen molar-refractivity contribution in [2.45, 2.75) is 12.5 Å². The topological polar surface area (TPSA) is 109 Å². The second-order valence-electron chi connectivity index (χ2n) is 3.54. The Balaban J connectivity index is 2.75. The van der Waals surface area contributed by atoms with Crippen LogP contribution in [0.25, 0.3) is 0 Å². The summed E-state index contributed by atoms with van der Waals surface area (Å²) in [6.07, 6.45) is -0.439. The van der Waals surface area contributed by atoms with Gasteiger partial charge in [-0.3, -0.25) is 9.59 Å². The number of carbonyl (C=O) groups is 3. The Morgan fingerprint density at radius 1 is 1.28 bits per heavy atom. The second kappa shape index (κ2) is 6.34. The maximum atomic E-state index is 11.7. The zero-order valence-corrected chi connectivity index (χ0v) is 11.4. The van der Waals surface area contributed by atoms with E-state index in [4.69, 9.17) is 10.8 Å². The summed E-state index contributed by atoms with van der Waals surface area (Å²) in [7, 11) is 0. The number of nitrogens with one attached hydrogen (secondary N) is 1. The first-order valence-electron chi connectivity index (χ1n) is 4.97. The van der Waals surface area contributed by atoms with Gasteiger partial charge in [-0.15, -0.1) is 0 Å². The molecule has 0 radical (unpaired) electrons. The van der Waals surface area contributed by atoms with Gasteiger partial charge in [-0.1, -0.05) is 0 Å². The summed E-state index contributed by atoms with van der Waals surface area (Å²) in [6, 6.07) is 5.27. The van der Waals surface area contributed by atoms with Crippen LogP contribution < -0.4 is 11.1 Å². The molecule has 1 rings (SSSR count). The third kappa shape index (κ3) is 4.32. The van der Waals surface area contributed by atoms with Gasteiger partial charge < -0.3 is 16.2 Å². The van der Waals surface area contributed by atoms with Gasteiger partial charge in [0.1, 0.15) is 6.04 Å². The Hall–Kier alpha value is -1.64. The van der Waals surface area contributed by atoms with Crippen LogP contribution in [0.3, 0.4) is 0 Å². The highest BCUT2D eigenvalue weighted by Gasteiger charge is 2.22. The summed E-state index contributed by atoms with van der Waals surface area (Å²) in [5.74, 6) is -2.64. The molecule has 1 atom stereocenters. The number of amides is 2. The van der Waals surface area contributed by atoms with Crippen LogP contribution in [0.2, 0.25) is 0 Å². The van der Waals surface area contributed by atoms with Crippen molar-refractivity contribution in [2.75, 3.05) is 0 Å². The molecule has 4 N–H and O–H groups in total. The van der Waals surface area contributed by atoms with Crippen molar-refractivity contribution in [1.82, 2.24) is 5.32 Å². The normalized spacial score (nSPS) is 11.6. The third-order valence-electron chi connectivity index (χ3n) is 2.12. The number of benzene rings is 1. The molecule has 18 heavy (non-hydrogen) atoms. The number of primary amides is 1. The molecule has 0 bridgehead atoms. The van der Waals surface area contributed by atoms with Gasteiger partial charge >= 0.3 is 5.97 Å². The largest absolute Gasteiger partial charge is 0.480 e. The average molecular weight is 362 g/mol. The van der Waals surface area contributed by atoms with Crippen LogP contribution in [-0.2, 0) is 9.59 Å². The molecule has 0 aliphatic carbocycles. The molecule has 1 aromatic carbocycles. The zero-order valence-electron chi connectivity index (χ0n) is 9.22. The lowest BCUT2D eigenvalue weighted by Crippen LogP contribution is -2.43. The molecule has 0 saturated heterocycles. The van der Waals surface area contributed by atoms with Gasteiger partial charge in [-0.2, -0.15) is 0 Å². The monoisotopic (exact) mass is 362 g/mol. The number of carboxylic acid groups (broad SMARTS) is 1. The fourth-order valence-corrected chi connectivity index (χ4v) is 1.60. The Labute approximate surface area is 117 Å². The van der Waals surface area contributed by atoms with Crippen molar-refractivity contribution in [1.29, 1.82) is 0 Å². The van der Waals surface area contributed by atoms with Crippen LogP contribution >= 0.6 is 22.6 Å². The van der Waals surface area contributed by atoms with E-state index in [1.807, 2.05) is 0 Å². The first kappa shape index (κ1) is 14.4. The van der Waals surface area contributed by atoms with Crippen LogP contribution in [0.5, 0.6) is 0 Å². The summed E-state index contributed by atoms with van der Waals surface area (Å²) in [5, 5.41) is 11.1. The van der Waals surface area contributed by atoms with Crippen molar-refractivity contribution < 1.29 is 19.5 Å². The van der Waals surface area contributed by atoms with E-state index >= 15 is 0 Å². The lowest BCUT2D eigenvalue weighted by atomic mass is 10.1. The SMILES string of the molecule is NC(=O)C[C@H](NC(=O)c1ccc(I)cc1)C(=O)O. The molecule has 0 heterocycles. The second-order valence-corrected chi connectivity index (χ2v) is 4.79. The first-order chi connectivity index (χ1) is 8.40. The summed E-state index contributed by atoms with van der Waals surface area (Å²) >= 11 is 2.08. The minimum absolute atomic E-state index is 0.325. The number of halogens is 1. The van der Waals surface area contributed by atoms with Crippen LogP contribution in [0.4, 0.5) is 0 Å². The van der Waals surface area contributed by atoms with Gasteiger partial charge in [0.15, 0.2) is 0 Å². The highest BCUT2D eigenvalue weighted by atomic mass is 127. The summed E-state index contributed by atoms with van der Waals surface area (Å²) in [4.78, 5) is 33.2. The van der Waals surface area contributed by atoms with E-state index in [1.165, 1.54) is 0 Å². The number of rotatable bonds is 5. The summed E-state index contributed by atoms with van der Waals surface area (Å²) in [5.41, 5.74) is 5.24. The lowest BCUT2D eigenvalue weighted by Gasteiger charge is -2.12. The van der Waals surface area contributed by atoms with Crippen molar-refractivity contribution in [3.63, 3.8) is 0 Å². The van der Waals surface area contributed by atoms with Crippen LogP contribution in [0.15, 0.2) is 24.3 Å². The first-order valence-corrected chi connectivity index (χ1v) is 6.05. The quantitative estimate of drug-likeness (QED) is 0.657. The smallest absolute Gasteiger partial charge is 0.326 e. The molecule has 96 valence electrons. The van der Waals surface area contributed by atoms with Crippen molar-refractivity contribution >= 4 is 40.4 Å². The number of carbonyl (C=O) groups excluding carboxylic acids is 2. The molecular formula is C11H11IN2O4. The number of aliphatic carboxylic acids is 1. The molecule has 0 saturated carbocycles. The highest BCUT2D eigenvalue weighted by Crippen LogP contribution is 2.07. The van der Waals surface area contributed by atoms with E-state index in [2.05, 4.69) is 27.9 Å². The molecule has 0 fully saturated rings. The van der Waals surface area contributed by atoms with Crippen LogP contribution in [0.1, 0.15) is 16.8 Å².